The van der Waals surface area contributed by atoms with Crippen LogP contribution in [0.1, 0.15) is 20.8 Å². The Morgan fingerprint density at radius 3 is 2.72 bits per heavy atom. The van der Waals surface area contributed by atoms with Crippen molar-refractivity contribution in [1.29, 1.82) is 0 Å². The summed E-state index contributed by atoms with van der Waals surface area (Å²) in [6.07, 6.45) is -0.918. The van der Waals surface area contributed by atoms with E-state index in [0.717, 1.165) is 0 Å². The highest BCUT2D eigenvalue weighted by atomic mass is 19.1. The second kappa shape index (κ2) is 5.05. The normalized spacial score (nSPS) is 15.8. The maximum absolute atomic E-state index is 13.4. The highest BCUT2D eigenvalue weighted by molar-refractivity contribution is 6.04. The van der Waals surface area contributed by atoms with Crippen LogP contribution in [-0.2, 0) is 9.53 Å². The summed E-state index contributed by atoms with van der Waals surface area (Å²) in [6.45, 7) is 4.37. The van der Waals surface area contributed by atoms with E-state index in [2.05, 4.69) is 10.0 Å². The maximum Gasteiger partial charge on any atom is 0.417 e. The maximum atomic E-state index is 13.4. The first-order valence-electron chi connectivity index (χ1n) is 5.19. The number of hydrogen-bond donors (Lipinski definition) is 0. The van der Waals surface area contributed by atoms with Crippen molar-refractivity contribution in [3.05, 3.63) is 21.8 Å². The highest BCUT2D eigenvalue weighted by Gasteiger charge is 2.37. The van der Waals surface area contributed by atoms with E-state index in [9.17, 15) is 14.0 Å². The van der Waals surface area contributed by atoms with E-state index >= 15 is 0 Å². The minimum atomic E-state index is -1.06. The molecule has 1 rings (SSSR count). The number of hydrogen-bond acceptors (Lipinski definition) is 4. The Kier molecular flexibility index (Phi) is 3.93. The van der Waals surface area contributed by atoms with Crippen LogP contribution in [0, 0.1) is 0 Å². The van der Waals surface area contributed by atoms with Crippen molar-refractivity contribution in [2.45, 2.75) is 26.4 Å². The van der Waals surface area contributed by atoms with Crippen molar-refractivity contribution >= 4 is 12.0 Å². The van der Waals surface area contributed by atoms with Crippen LogP contribution in [0.15, 0.2) is 16.5 Å². The van der Waals surface area contributed by atoms with E-state index in [1.165, 1.54) is 0 Å². The standard InChI is InChI=1S/C10H13FN4O3/c1-10(2,3)18-9(17)15-5-6(4-13-14-12)7(11)8(15)16/h4-5H2,1-3H3. The van der Waals surface area contributed by atoms with Crippen molar-refractivity contribution in [3.8, 4) is 0 Å². The number of carbonyl (C=O) groups is 2. The highest BCUT2D eigenvalue weighted by Crippen LogP contribution is 2.22. The number of nitrogens with zero attached hydrogens (tertiary/aromatic N) is 4. The van der Waals surface area contributed by atoms with Crippen LogP contribution < -0.4 is 0 Å². The molecule has 0 aromatic carbocycles. The molecule has 0 bridgehead atoms. The average molecular weight is 256 g/mol. The number of carbonyl (C=O) groups excluding carboxylic acids is 2. The largest absolute Gasteiger partial charge is 0.443 e. The smallest absolute Gasteiger partial charge is 0.417 e. The summed E-state index contributed by atoms with van der Waals surface area (Å²) in [4.78, 5) is 26.2. The van der Waals surface area contributed by atoms with E-state index in [4.69, 9.17) is 10.3 Å². The van der Waals surface area contributed by atoms with E-state index in [0.29, 0.717) is 4.90 Å². The van der Waals surface area contributed by atoms with Gasteiger partial charge in [-0.15, -0.1) is 0 Å². The topological polar surface area (TPSA) is 95.4 Å². The quantitative estimate of drug-likeness (QED) is 0.430. The van der Waals surface area contributed by atoms with Gasteiger partial charge in [-0.3, -0.25) is 4.79 Å². The summed E-state index contributed by atoms with van der Waals surface area (Å²) in [6, 6.07) is 0. The lowest BCUT2D eigenvalue weighted by Crippen LogP contribution is -2.38. The number of rotatable bonds is 2. The first kappa shape index (κ1) is 14.0. The lowest BCUT2D eigenvalue weighted by atomic mass is 10.2. The van der Waals surface area contributed by atoms with Crippen molar-refractivity contribution in [2.24, 2.45) is 5.11 Å². The van der Waals surface area contributed by atoms with Gasteiger partial charge in [-0.2, -0.15) is 0 Å². The molecular formula is C10H13FN4O3. The third-order valence-electron chi connectivity index (χ3n) is 2.03. The van der Waals surface area contributed by atoms with Crippen LogP contribution in [0.25, 0.3) is 10.4 Å². The van der Waals surface area contributed by atoms with E-state index < -0.39 is 23.4 Å². The van der Waals surface area contributed by atoms with E-state index in [1.54, 1.807) is 20.8 Å². The zero-order valence-corrected chi connectivity index (χ0v) is 10.3. The lowest BCUT2D eigenvalue weighted by molar-refractivity contribution is -0.126. The van der Waals surface area contributed by atoms with E-state index in [-0.39, 0.29) is 18.7 Å². The summed E-state index contributed by atoms with van der Waals surface area (Å²) in [7, 11) is 0. The molecule has 0 saturated heterocycles. The Labute approximate surface area is 103 Å². The molecule has 0 N–H and O–H groups in total. The average Bonchev–Trinajstić information content (AvgIpc) is 2.51. The SMILES string of the molecule is CC(C)(C)OC(=O)N1CC(CN=[N+]=[N-])=C(F)C1=O. The zero-order valence-electron chi connectivity index (χ0n) is 10.3. The fourth-order valence-corrected chi connectivity index (χ4v) is 1.30. The van der Waals surface area contributed by atoms with Gasteiger partial charge in [0.15, 0.2) is 5.83 Å². The number of ether oxygens (including phenoxy) is 1. The van der Waals surface area contributed by atoms with Gasteiger partial charge in [-0.1, -0.05) is 5.11 Å². The predicted octanol–water partition coefficient (Wildman–Crippen LogP) is 2.30. The molecule has 7 nitrogen and oxygen atoms in total. The molecule has 0 aromatic rings. The molecule has 0 radical (unpaired) electrons. The zero-order chi connectivity index (χ0) is 13.9. The van der Waals surface area contributed by atoms with Gasteiger partial charge in [-0.25, -0.2) is 14.1 Å². The molecule has 0 aliphatic carbocycles. The van der Waals surface area contributed by atoms with Gasteiger partial charge in [0.1, 0.15) is 5.60 Å². The molecule has 1 heterocycles. The molecule has 1 aliphatic heterocycles. The summed E-state index contributed by atoms with van der Waals surface area (Å²) < 4.78 is 18.4. The van der Waals surface area contributed by atoms with Crippen molar-refractivity contribution in [1.82, 2.24) is 4.90 Å². The van der Waals surface area contributed by atoms with Gasteiger partial charge in [0.05, 0.1) is 13.1 Å². The Morgan fingerprint density at radius 1 is 1.61 bits per heavy atom. The monoisotopic (exact) mass is 256 g/mol. The third-order valence-corrected chi connectivity index (χ3v) is 2.03. The molecule has 98 valence electrons. The van der Waals surface area contributed by atoms with Gasteiger partial charge in [0.25, 0.3) is 5.91 Å². The fraction of sp³-hybridized carbons (Fsp3) is 0.600. The molecule has 1 aliphatic rings. The molecule has 2 amide bonds. The summed E-state index contributed by atoms with van der Waals surface area (Å²) in [5.74, 6) is -2.12. The minimum absolute atomic E-state index is 0.0244. The fourth-order valence-electron chi connectivity index (χ4n) is 1.30. The first-order chi connectivity index (χ1) is 8.26. The van der Waals surface area contributed by atoms with Crippen LogP contribution in [0.5, 0.6) is 0 Å². The van der Waals surface area contributed by atoms with Gasteiger partial charge in [-0.05, 0) is 31.9 Å². The molecule has 0 spiro atoms. The van der Waals surface area contributed by atoms with Crippen LogP contribution in [0.4, 0.5) is 9.18 Å². The second-order valence-corrected chi connectivity index (χ2v) is 4.68. The first-order valence-corrected chi connectivity index (χ1v) is 5.19. The molecule has 0 atom stereocenters. The molecule has 0 saturated carbocycles. The van der Waals surface area contributed by atoms with Crippen molar-refractivity contribution in [3.63, 3.8) is 0 Å². The molecule has 8 heteroatoms. The van der Waals surface area contributed by atoms with E-state index in [1.807, 2.05) is 0 Å². The Balaban J connectivity index is 2.77. The van der Waals surface area contributed by atoms with Gasteiger partial charge in [0, 0.05) is 4.91 Å². The van der Waals surface area contributed by atoms with Gasteiger partial charge in [0.2, 0.25) is 0 Å². The number of imide groups is 1. The number of halogens is 1. The Morgan fingerprint density at radius 2 is 2.22 bits per heavy atom. The van der Waals surface area contributed by atoms with Gasteiger partial charge < -0.3 is 4.74 Å². The summed E-state index contributed by atoms with van der Waals surface area (Å²) in [5, 5.41) is 3.16. The molecule has 0 fully saturated rings. The Bertz CT molecular complexity index is 460. The molecule has 0 unspecified atom stereocenters. The Hall–Kier alpha value is -2.08. The number of azide groups is 1. The van der Waals surface area contributed by atoms with Gasteiger partial charge >= 0.3 is 6.09 Å². The van der Waals surface area contributed by atoms with Crippen molar-refractivity contribution in [2.75, 3.05) is 13.1 Å². The van der Waals surface area contributed by atoms with Crippen LogP contribution in [0.3, 0.4) is 0 Å². The summed E-state index contributed by atoms with van der Waals surface area (Å²) in [5.41, 5.74) is 7.33. The van der Waals surface area contributed by atoms with Crippen LogP contribution >= 0.6 is 0 Å². The third kappa shape index (κ3) is 3.21. The lowest BCUT2D eigenvalue weighted by Gasteiger charge is -2.23. The number of amides is 2. The van der Waals surface area contributed by atoms with Crippen molar-refractivity contribution < 1.29 is 18.7 Å². The predicted molar refractivity (Wildman–Crippen MR) is 60.1 cm³/mol. The van der Waals surface area contributed by atoms with Crippen LogP contribution in [0.2, 0.25) is 0 Å². The molecule has 0 aromatic heterocycles. The minimum Gasteiger partial charge on any atom is -0.443 e. The second-order valence-electron chi connectivity index (χ2n) is 4.68. The van der Waals surface area contributed by atoms with Crippen LogP contribution in [-0.4, -0.2) is 35.6 Å². The summed E-state index contributed by atoms with van der Waals surface area (Å²) >= 11 is 0. The molecule has 18 heavy (non-hydrogen) atoms. The molecular weight excluding hydrogens is 243 g/mol.